The summed E-state index contributed by atoms with van der Waals surface area (Å²) in [6.07, 6.45) is 1.06. The molecule has 0 radical (unpaired) electrons. The van der Waals surface area contributed by atoms with E-state index in [0.717, 1.165) is 19.5 Å². The smallest absolute Gasteiger partial charge is 0.0370 e. The predicted octanol–water partition coefficient (Wildman–Crippen LogP) is 5.63. The minimum Gasteiger partial charge on any atom is -0.369 e. The minimum atomic E-state index is 0.476. The van der Waals surface area contributed by atoms with Gasteiger partial charge in [0, 0.05) is 28.4 Å². The number of rotatable bonds is 5. The molecule has 0 aliphatic heterocycles. The third kappa shape index (κ3) is 3.41. The summed E-state index contributed by atoms with van der Waals surface area (Å²) in [4.78, 5) is 3.41. The number of hydrogen-bond acceptors (Lipinski definition) is 1. The number of halogens is 2. The quantitative estimate of drug-likeness (QED) is 0.481. The fourth-order valence-electron chi connectivity index (χ4n) is 3.22. The summed E-state index contributed by atoms with van der Waals surface area (Å²) in [7, 11) is 0. The third-order valence-corrected chi connectivity index (χ3v) is 4.67. The van der Waals surface area contributed by atoms with Gasteiger partial charge in [0.1, 0.15) is 0 Å². The molecular formula is C19H21Br2N. The van der Waals surface area contributed by atoms with Crippen molar-refractivity contribution in [2.75, 3.05) is 18.0 Å². The molecule has 0 N–H and O–H groups in total. The highest BCUT2D eigenvalue weighted by Crippen LogP contribution is 2.38. The molecule has 2 aromatic carbocycles. The van der Waals surface area contributed by atoms with Crippen LogP contribution in [-0.2, 0) is 6.42 Å². The second-order valence-corrected chi connectivity index (χ2v) is 9.27. The zero-order valence-corrected chi connectivity index (χ0v) is 16.2. The number of benzene rings is 2. The summed E-state index contributed by atoms with van der Waals surface area (Å²) in [5, 5.41) is 0. The van der Waals surface area contributed by atoms with Crippen LogP contribution in [0.2, 0.25) is 0 Å². The molecule has 1 aliphatic carbocycles. The molecule has 0 saturated carbocycles. The fourth-order valence-corrected chi connectivity index (χ4v) is 3.92. The summed E-state index contributed by atoms with van der Waals surface area (Å²) in [5.41, 5.74) is 7.03. The second kappa shape index (κ2) is 6.76. The molecule has 3 heteroatoms. The fraction of sp³-hybridized carbons (Fsp3) is 0.368. The monoisotopic (exact) mass is 421 g/mol. The van der Waals surface area contributed by atoms with Crippen molar-refractivity contribution in [3.8, 4) is 11.1 Å². The van der Waals surface area contributed by atoms with Crippen molar-refractivity contribution in [3.05, 3.63) is 53.6 Å². The van der Waals surface area contributed by atoms with Crippen molar-refractivity contribution in [1.29, 1.82) is 0 Å². The molecule has 0 amide bonds. The van der Waals surface area contributed by atoms with Crippen LogP contribution in [-0.4, -0.2) is 22.7 Å². The Morgan fingerprint density at radius 2 is 1.55 bits per heavy atom. The lowest BCUT2D eigenvalue weighted by Crippen LogP contribution is -2.33. The van der Waals surface area contributed by atoms with Gasteiger partial charge in [-0.2, -0.15) is 0 Å². The van der Waals surface area contributed by atoms with E-state index in [1.807, 2.05) is 0 Å². The average Bonchev–Trinajstić information content (AvgIpc) is 2.83. The summed E-state index contributed by atoms with van der Waals surface area (Å²) in [5.74, 6) is 0. The van der Waals surface area contributed by atoms with Crippen LogP contribution in [0.5, 0.6) is 0 Å². The molecule has 2 aromatic rings. The first kappa shape index (κ1) is 16.1. The zero-order valence-electron chi connectivity index (χ0n) is 13.0. The van der Waals surface area contributed by atoms with Gasteiger partial charge >= 0.3 is 0 Å². The van der Waals surface area contributed by atoms with Crippen molar-refractivity contribution in [2.24, 2.45) is 0 Å². The average molecular weight is 423 g/mol. The number of fused-ring (bicyclic) bond motifs is 3. The molecule has 0 spiro atoms. The lowest BCUT2D eigenvalue weighted by molar-refractivity contribution is 0.770. The topological polar surface area (TPSA) is 3.24 Å². The van der Waals surface area contributed by atoms with E-state index in [0.29, 0.717) is 9.65 Å². The molecule has 0 fully saturated rings. The normalized spacial score (nSPS) is 15.1. The van der Waals surface area contributed by atoms with Crippen LogP contribution in [0.25, 0.3) is 11.1 Å². The summed E-state index contributed by atoms with van der Waals surface area (Å²) >= 11 is 7.38. The maximum atomic E-state index is 3.69. The molecule has 22 heavy (non-hydrogen) atoms. The van der Waals surface area contributed by atoms with Crippen LogP contribution in [0.1, 0.15) is 25.0 Å². The Kier molecular flexibility index (Phi) is 4.94. The van der Waals surface area contributed by atoms with Crippen LogP contribution < -0.4 is 4.90 Å². The van der Waals surface area contributed by atoms with Crippen molar-refractivity contribution >= 4 is 37.5 Å². The number of hydrogen-bond donors (Lipinski definition) is 0. The highest BCUT2D eigenvalue weighted by molar-refractivity contribution is 9.09. The van der Waals surface area contributed by atoms with Gasteiger partial charge in [-0.25, -0.2) is 0 Å². The Balaban J connectivity index is 1.91. The van der Waals surface area contributed by atoms with Gasteiger partial charge in [-0.3, -0.25) is 0 Å². The largest absolute Gasteiger partial charge is 0.369 e. The van der Waals surface area contributed by atoms with Gasteiger partial charge in [-0.15, -0.1) is 0 Å². The number of alkyl halides is 2. The van der Waals surface area contributed by atoms with Crippen molar-refractivity contribution in [3.63, 3.8) is 0 Å². The lowest BCUT2D eigenvalue weighted by atomic mass is 10.1. The lowest BCUT2D eigenvalue weighted by Gasteiger charge is -2.28. The zero-order chi connectivity index (χ0) is 15.7. The summed E-state index contributed by atoms with van der Waals surface area (Å²) < 4.78 is 0. The van der Waals surface area contributed by atoms with Crippen molar-refractivity contribution in [2.45, 2.75) is 29.9 Å². The first-order chi connectivity index (χ1) is 10.5. The molecule has 1 aliphatic rings. The van der Waals surface area contributed by atoms with Gasteiger partial charge in [-0.05, 0) is 40.8 Å². The van der Waals surface area contributed by atoms with Gasteiger partial charge in [-0.1, -0.05) is 76.0 Å². The van der Waals surface area contributed by atoms with E-state index in [1.165, 1.54) is 27.9 Å². The van der Waals surface area contributed by atoms with E-state index >= 15 is 0 Å². The Bertz CT molecular complexity index is 654. The molecule has 0 heterocycles. The van der Waals surface area contributed by atoms with Gasteiger partial charge in [0.05, 0.1) is 0 Å². The minimum absolute atomic E-state index is 0.476. The highest BCUT2D eigenvalue weighted by atomic mass is 79.9. The Labute approximate surface area is 150 Å². The van der Waals surface area contributed by atoms with E-state index in [2.05, 4.69) is 93.1 Å². The first-order valence-electron chi connectivity index (χ1n) is 7.79. The highest BCUT2D eigenvalue weighted by Gasteiger charge is 2.20. The SMILES string of the molecule is C[C@H](Br)CN(C[C@@H](C)Br)c1ccc2c(c1)Cc1ccccc1-2. The third-order valence-electron chi connectivity index (χ3n) is 4.09. The molecule has 0 saturated heterocycles. The predicted molar refractivity (Wildman–Crippen MR) is 104 cm³/mol. The summed E-state index contributed by atoms with van der Waals surface area (Å²) in [6, 6.07) is 15.7. The van der Waals surface area contributed by atoms with Gasteiger partial charge in [0.25, 0.3) is 0 Å². The Morgan fingerprint density at radius 3 is 2.23 bits per heavy atom. The van der Waals surface area contributed by atoms with Crippen LogP contribution in [0.3, 0.4) is 0 Å². The van der Waals surface area contributed by atoms with E-state index in [9.17, 15) is 0 Å². The van der Waals surface area contributed by atoms with Crippen molar-refractivity contribution in [1.82, 2.24) is 0 Å². The Morgan fingerprint density at radius 1 is 0.909 bits per heavy atom. The van der Waals surface area contributed by atoms with Crippen LogP contribution in [0, 0.1) is 0 Å². The van der Waals surface area contributed by atoms with Gasteiger partial charge in [0.15, 0.2) is 0 Å². The maximum Gasteiger partial charge on any atom is 0.0370 e. The second-order valence-electron chi connectivity index (χ2n) is 6.14. The van der Waals surface area contributed by atoms with Crippen LogP contribution in [0.15, 0.2) is 42.5 Å². The van der Waals surface area contributed by atoms with E-state index < -0.39 is 0 Å². The maximum absolute atomic E-state index is 3.69. The Hall–Kier alpha value is -0.800. The molecule has 0 unspecified atom stereocenters. The first-order valence-corrected chi connectivity index (χ1v) is 9.62. The molecule has 0 bridgehead atoms. The standard InChI is InChI=1S/C19H21Br2N/c1-13(20)11-22(12-14(2)21)17-7-8-19-16(10-17)9-15-5-3-4-6-18(15)19/h3-8,10,13-14H,9,11-12H2,1-2H3/t13-,14+. The molecular weight excluding hydrogens is 402 g/mol. The van der Waals surface area contributed by atoms with Crippen molar-refractivity contribution < 1.29 is 0 Å². The number of nitrogens with zero attached hydrogens (tertiary/aromatic N) is 1. The summed E-state index contributed by atoms with van der Waals surface area (Å²) in [6.45, 7) is 6.44. The van der Waals surface area contributed by atoms with Crippen LogP contribution >= 0.6 is 31.9 Å². The van der Waals surface area contributed by atoms with E-state index in [-0.39, 0.29) is 0 Å². The van der Waals surface area contributed by atoms with Gasteiger partial charge < -0.3 is 4.90 Å². The van der Waals surface area contributed by atoms with E-state index in [4.69, 9.17) is 0 Å². The number of anilines is 1. The molecule has 116 valence electrons. The molecule has 2 atom stereocenters. The molecule has 0 aromatic heterocycles. The van der Waals surface area contributed by atoms with Gasteiger partial charge in [0.2, 0.25) is 0 Å². The van der Waals surface area contributed by atoms with Crippen LogP contribution in [0.4, 0.5) is 5.69 Å². The molecule has 3 rings (SSSR count). The molecule has 1 nitrogen and oxygen atoms in total. The van der Waals surface area contributed by atoms with E-state index in [1.54, 1.807) is 0 Å².